The highest BCUT2D eigenvalue weighted by molar-refractivity contribution is 5.92. The molecule has 3 N–H and O–H groups in total. The lowest BCUT2D eigenvalue weighted by molar-refractivity contribution is 0.128. The Morgan fingerprint density at radius 1 is 1.04 bits per heavy atom. The molecule has 0 unspecified atom stereocenters. The minimum Gasteiger partial charge on any atom is -0.370 e. The van der Waals surface area contributed by atoms with Crippen molar-refractivity contribution in [3.8, 4) is 0 Å². The Kier molecular flexibility index (Phi) is 5.40. The molecule has 0 saturated carbocycles. The maximum Gasteiger partial charge on any atom is 0.194 e. The molecule has 0 spiro atoms. The Hall–Kier alpha value is -2.33. The van der Waals surface area contributed by atoms with Gasteiger partial charge in [-0.2, -0.15) is 0 Å². The number of para-hydroxylation sites is 1. The molecule has 0 bridgehead atoms. The number of nitrogens with one attached hydrogen (secondary N) is 1. The van der Waals surface area contributed by atoms with Crippen LogP contribution in [0, 0.1) is 5.41 Å². The molecule has 2 aromatic rings. The molecular formula is C19H25N3O. The third-order valence-electron chi connectivity index (χ3n) is 3.67. The Morgan fingerprint density at radius 3 is 2.17 bits per heavy atom. The summed E-state index contributed by atoms with van der Waals surface area (Å²) in [4.78, 5) is 1.63. The molecule has 23 heavy (non-hydrogen) atoms. The minimum absolute atomic E-state index is 0.0284. The highest BCUT2D eigenvalue weighted by Crippen LogP contribution is 2.22. The normalized spacial score (nSPS) is 11.3. The number of guanidine groups is 1. The van der Waals surface area contributed by atoms with Crippen LogP contribution < -0.4 is 10.6 Å². The number of nitrogens with zero attached hydrogens (tertiary/aromatic N) is 1. The lowest BCUT2D eigenvalue weighted by Crippen LogP contribution is -2.38. The third-order valence-corrected chi connectivity index (χ3v) is 3.67. The van der Waals surface area contributed by atoms with Crippen molar-refractivity contribution in [3.05, 3.63) is 65.7 Å². The van der Waals surface area contributed by atoms with E-state index in [2.05, 4.69) is 45.0 Å². The van der Waals surface area contributed by atoms with Crippen LogP contribution in [0.1, 0.15) is 31.9 Å². The fourth-order valence-corrected chi connectivity index (χ4v) is 2.25. The number of hydrogen-bond acceptors (Lipinski definition) is 2. The van der Waals surface area contributed by atoms with E-state index in [-0.39, 0.29) is 18.1 Å². The molecule has 2 rings (SSSR count). The Bertz CT molecular complexity index is 630. The standard InChI is InChI=1S/C19H25N3O/c1-19(2,3)16-11-9-15(10-12-16)13-23-14-22(18(20)21)17-7-5-4-6-8-17/h4-12H,13-14H2,1-3H3,(H3,20,21). The van der Waals surface area contributed by atoms with Gasteiger partial charge in [0.05, 0.1) is 6.61 Å². The van der Waals surface area contributed by atoms with Crippen molar-refractivity contribution in [2.75, 3.05) is 11.6 Å². The highest BCUT2D eigenvalue weighted by atomic mass is 16.5. The van der Waals surface area contributed by atoms with E-state index in [0.717, 1.165) is 11.3 Å². The van der Waals surface area contributed by atoms with Crippen molar-refractivity contribution in [2.24, 2.45) is 5.73 Å². The molecule has 4 nitrogen and oxygen atoms in total. The topological polar surface area (TPSA) is 62.3 Å². The number of benzene rings is 2. The summed E-state index contributed by atoms with van der Waals surface area (Å²) in [5.41, 5.74) is 9.05. The van der Waals surface area contributed by atoms with Crippen molar-refractivity contribution in [3.63, 3.8) is 0 Å². The smallest absolute Gasteiger partial charge is 0.194 e. The van der Waals surface area contributed by atoms with Gasteiger partial charge in [-0.3, -0.25) is 10.3 Å². The van der Waals surface area contributed by atoms with Crippen LogP contribution in [0.15, 0.2) is 54.6 Å². The number of ether oxygens (including phenoxy) is 1. The van der Waals surface area contributed by atoms with Gasteiger partial charge in [-0.15, -0.1) is 0 Å². The fourth-order valence-electron chi connectivity index (χ4n) is 2.25. The number of hydrogen-bond donors (Lipinski definition) is 2. The third kappa shape index (κ3) is 4.83. The van der Waals surface area contributed by atoms with Crippen molar-refractivity contribution in [1.29, 1.82) is 5.41 Å². The Labute approximate surface area is 138 Å². The summed E-state index contributed by atoms with van der Waals surface area (Å²) in [6, 6.07) is 18.0. The van der Waals surface area contributed by atoms with Crippen molar-refractivity contribution in [2.45, 2.75) is 32.8 Å². The molecule has 0 radical (unpaired) electrons. The number of nitrogens with two attached hydrogens (primary N) is 1. The zero-order chi connectivity index (χ0) is 16.9. The van der Waals surface area contributed by atoms with Crippen molar-refractivity contribution in [1.82, 2.24) is 0 Å². The monoisotopic (exact) mass is 311 g/mol. The molecule has 4 heteroatoms. The zero-order valence-electron chi connectivity index (χ0n) is 14.0. The second-order valence-corrected chi connectivity index (χ2v) is 6.57. The maximum atomic E-state index is 7.69. The Balaban J connectivity index is 1.94. The first-order valence-electron chi connectivity index (χ1n) is 7.72. The second-order valence-electron chi connectivity index (χ2n) is 6.57. The average molecular weight is 311 g/mol. The molecule has 0 amide bonds. The quantitative estimate of drug-likeness (QED) is 0.501. The molecule has 2 aromatic carbocycles. The summed E-state index contributed by atoms with van der Waals surface area (Å²) in [6.45, 7) is 7.33. The predicted octanol–water partition coefficient (Wildman–Crippen LogP) is 3.86. The summed E-state index contributed by atoms with van der Waals surface area (Å²) >= 11 is 0. The SMILES string of the molecule is CC(C)(C)c1ccc(COCN(C(=N)N)c2ccccc2)cc1. The van der Waals surface area contributed by atoms with E-state index in [1.54, 1.807) is 4.90 Å². The van der Waals surface area contributed by atoms with E-state index in [1.807, 2.05) is 30.3 Å². The first kappa shape index (κ1) is 17.0. The zero-order valence-corrected chi connectivity index (χ0v) is 14.0. The molecule has 0 aliphatic rings. The van der Waals surface area contributed by atoms with Crippen LogP contribution in [0.2, 0.25) is 0 Å². The van der Waals surface area contributed by atoms with Gasteiger partial charge in [0.25, 0.3) is 0 Å². The summed E-state index contributed by atoms with van der Waals surface area (Å²) < 4.78 is 5.73. The van der Waals surface area contributed by atoms with Crippen LogP contribution in [0.3, 0.4) is 0 Å². The molecule has 122 valence electrons. The van der Waals surface area contributed by atoms with Gasteiger partial charge in [-0.05, 0) is 28.7 Å². The van der Waals surface area contributed by atoms with E-state index in [0.29, 0.717) is 6.61 Å². The lowest BCUT2D eigenvalue weighted by atomic mass is 9.87. The van der Waals surface area contributed by atoms with Crippen LogP contribution in [-0.4, -0.2) is 12.7 Å². The molecule has 0 heterocycles. The second kappa shape index (κ2) is 7.29. The summed E-state index contributed by atoms with van der Waals surface area (Å²) in [5, 5.41) is 7.69. The van der Waals surface area contributed by atoms with Crippen LogP contribution in [-0.2, 0) is 16.8 Å². The summed E-state index contributed by atoms with van der Waals surface area (Å²) in [6.07, 6.45) is 0. The first-order chi connectivity index (χ1) is 10.9. The van der Waals surface area contributed by atoms with Gasteiger partial charge in [0.2, 0.25) is 0 Å². The van der Waals surface area contributed by atoms with Crippen LogP contribution in [0.5, 0.6) is 0 Å². The highest BCUT2D eigenvalue weighted by Gasteiger charge is 2.13. The molecule has 0 saturated heterocycles. The van der Waals surface area contributed by atoms with Gasteiger partial charge >= 0.3 is 0 Å². The van der Waals surface area contributed by atoms with Crippen LogP contribution in [0.25, 0.3) is 0 Å². The molecule has 0 fully saturated rings. The van der Waals surface area contributed by atoms with E-state index in [4.69, 9.17) is 15.9 Å². The molecule has 0 aliphatic carbocycles. The summed E-state index contributed by atoms with van der Waals surface area (Å²) in [7, 11) is 0. The molecular weight excluding hydrogens is 286 g/mol. The first-order valence-corrected chi connectivity index (χ1v) is 7.72. The maximum absolute atomic E-state index is 7.69. The van der Waals surface area contributed by atoms with Crippen LogP contribution >= 0.6 is 0 Å². The van der Waals surface area contributed by atoms with Gasteiger partial charge < -0.3 is 10.5 Å². The molecule has 0 aliphatic heterocycles. The van der Waals surface area contributed by atoms with Gasteiger partial charge in [-0.25, -0.2) is 0 Å². The fraction of sp³-hybridized carbons (Fsp3) is 0.316. The number of anilines is 1. The summed E-state index contributed by atoms with van der Waals surface area (Å²) in [5.74, 6) is -0.0284. The predicted molar refractivity (Wildman–Crippen MR) is 95.6 cm³/mol. The van der Waals surface area contributed by atoms with Gasteiger partial charge in [0.15, 0.2) is 5.96 Å². The Morgan fingerprint density at radius 2 is 1.65 bits per heavy atom. The molecule has 0 aromatic heterocycles. The van der Waals surface area contributed by atoms with Gasteiger partial charge in [0, 0.05) is 5.69 Å². The van der Waals surface area contributed by atoms with E-state index in [9.17, 15) is 0 Å². The minimum atomic E-state index is -0.0284. The number of rotatable bonds is 5. The van der Waals surface area contributed by atoms with Crippen LogP contribution in [0.4, 0.5) is 5.69 Å². The molecule has 0 atom stereocenters. The van der Waals surface area contributed by atoms with Gasteiger partial charge in [0.1, 0.15) is 6.73 Å². The van der Waals surface area contributed by atoms with E-state index in [1.165, 1.54) is 5.56 Å². The average Bonchev–Trinajstić information content (AvgIpc) is 2.51. The van der Waals surface area contributed by atoms with Crippen molar-refractivity contribution >= 4 is 11.6 Å². The van der Waals surface area contributed by atoms with E-state index >= 15 is 0 Å². The van der Waals surface area contributed by atoms with Gasteiger partial charge in [-0.1, -0.05) is 63.2 Å². The van der Waals surface area contributed by atoms with E-state index < -0.39 is 0 Å². The van der Waals surface area contributed by atoms with Crippen molar-refractivity contribution < 1.29 is 4.74 Å². The largest absolute Gasteiger partial charge is 0.370 e. The lowest BCUT2D eigenvalue weighted by Gasteiger charge is -2.22.